The summed E-state index contributed by atoms with van der Waals surface area (Å²) in [6, 6.07) is 6.48. The van der Waals surface area contributed by atoms with Crippen molar-refractivity contribution in [2.24, 2.45) is 5.92 Å². The van der Waals surface area contributed by atoms with Gasteiger partial charge in [-0.15, -0.1) is 0 Å². The molecule has 0 N–H and O–H groups in total. The van der Waals surface area contributed by atoms with Crippen molar-refractivity contribution in [3.05, 3.63) is 46.3 Å². The molecule has 1 aliphatic heterocycles. The van der Waals surface area contributed by atoms with Gasteiger partial charge in [0, 0.05) is 50.5 Å². The molecule has 1 fully saturated rings. The lowest BCUT2D eigenvalue weighted by atomic mass is 10.1. The molecule has 2 heterocycles. The zero-order valence-corrected chi connectivity index (χ0v) is 19.0. The Labute approximate surface area is 175 Å². The van der Waals surface area contributed by atoms with Crippen LogP contribution in [0.1, 0.15) is 48.3 Å². The molecule has 0 radical (unpaired) electrons. The van der Waals surface area contributed by atoms with Crippen molar-refractivity contribution < 1.29 is 4.79 Å². The first-order valence-corrected chi connectivity index (χ1v) is 10.9. The van der Waals surface area contributed by atoms with Crippen LogP contribution in [0.3, 0.4) is 0 Å². The van der Waals surface area contributed by atoms with Gasteiger partial charge < -0.3 is 9.80 Å². The second-order valence-corrected chi connectivity index (χ2v) is 8.81. The van der Waals surface area contributed by atoms with Crippen LogP contribution in [-0.2, 0) is 17.8 Å². The number of carbonyl (C=O) groups is 1. The fraction of sp³-hybridized carbons (Fsp3) is 0.583. The van der Waals surface area contributed by atoms with E-state index < -0.39 is 0 Å². The van der Waals surface area contributed by atoms with Gasteiger partial charge in [-0.25, -0.2) is 0 Å². The molecular weight excluding hydrogens is 360 g/mol. The van der Waals surface area contributed by atoms with Crippen molar-refractivity contribution in [2.45, 2.75) is 60.9 Å². The molecule has 3 rings (SSSR count). The lowest BCUT2D eigenvalue weighted by molar-refractivity contribution is -0.131. The summed E-state index contributed by atoms with van der Waals surface area (Å²) in [6.07, 6.45) is 1.35. The maximum absolute atomic E-state index is 12.8. The number of hydrogen-bond donors (Lipinski definition) is 0. The lowest BCUT2D eigenvalue weighted by Gasteiger charge is -2.37. The van der Waals surface area contributed by atoms with Crippen molar-refractivity contribution in [1.29, 1.82) is 0 Å². The molecule has 0 saturated carbocycles. The third-order valence-corrected chi connectivity index (χ3v) is 6.21. The van der Waals surface area contributed by atoms with Crippen LogP contribution in [0.2, 0.25) is 0 Å². The van der Waals surface area contributed by atoms with Crippen molar-refractivity contribution in [1.82, 2.24) is 14.7 Å². The molecule has 1 aromatic carbocycles. The Morgan fingerprint density at radius 3 is 2.41 bits per heavy atom. The van der Waals surface area contributed by atoms with Gasteiger partial charge in [-0.05, 0) is 62.8 Å². The Morgan fingerprint density at radius 1 is 1.07 bits per heavy atom. The number of benzene rings is 1. The van der Waals surface area contributed by atoms with E-state index in [1.807, 2.05) is 4.90 Å². The fourth-order valence-electron chi connectivity index (χ4n) is 4.28. The zero-order chi connectivity index (χ0) is 21.1. The monoisotopic (exact) mass is 396 g/mol. The van der Waals surface area contributed by atoms with Gasteiger partial charge in [-0.3, -0.25) is 9.48 Å². The summed E-state index contributed by atoms with van der Waals surface area (Å²) < 4.78 is 2.10. The van der Waals surface area contributed by atoms with Gasteiger partial charge in [0.1, 0.15) is 0 Å². The van der Waals surface area contributed by atoms with Crippen LogP contribution in [0.15, 0.2) is 18.2 Å². The Bertz CT molecular complexity index is 860. The molecule has 158 valence electrons. The maximum Gasteiger partial charge on any atom is 0.223 e. The maximum atomic E-state index is 12.8. The minimum Gasteiger partial charge on any atom is -0.368 e. The van der Waals surface area contributed by atoms with Crippen LogP contribution in [0.5, 0.6) is 0 Å². The molecule has 1 aliphatic rings. The molecule has 0 bridgehead atoms. The first-order chi connectivity index (χ1) is 13.8. The van der Waals surface area contributed by atoms with Crippen LogP contribution >= 0.6 is 0 Å². The number of rotatable bonds is 6. The third-order valence-electron chi connectivity index (χ3n) is 6.21. The van der Waals surface area contributed by atoms with Crippen molar-refractivity contribution in [3.63, 3.8) is 0 Å². The normalized spacial score (nSPS) is 14.7. The van der Waals surface area contributed by atoms with Crippen LogP contribution in [0, 0.1) is 33.6 Å². The fourth-order valence-corrected chi connectivity index (χ4v) is 4.28. The highest BCUT2D eigenvalue weighted by atomic mass is 16.2. The van der Waals surface area contributed by atoms with Crippen molar-refractivity contribution in [2.75, 3.05) is 31.1 Å². The van der Waals surface area contributed by atoms with Crippen LogP contribution in [0.25, 0.3) is 0 Å². The lowest BCUT2D eigenvalue weighted by Crippen LogP contribution is -2.49. The number of aryl methyl sites for hydroxylation is 2. The molecule has 29 heavy (non-hydrogen) atoms. The summed E-state index contributed by atoms with van der Waals surface area (Å²) >= 11 is 0. The summed E-state index contributed by atoms with van der Waals surface area (Å²) in [7, 11) is 0. The minimum atomic E-state index is 0.265. The van der Waals surface area contributed by atoms with Gasteiger partial charge in [0.2, 0.25) is 5.91 Å². The van der Waals surface area contributed by atoms with E-state index in [0.29, 0.717) is 12.3 Å². The van der Waals surface area contributed by atoms with Gasteiger partial charge >= 0.3 is 0 Å². The van der Waals surface area contributed by atoms with Crippen LogP contribution in [-0.4, -0.2) is 46.8 Å². The molecule has 1 aromatic heterocycles. The topological polar surface area (TPSA) is 41.4 Å². The summed E-state index contributed by atoms with van der Waals surface area (Å²) in [5.74, 6) is 0.830. The SMILES string of the molecule is Cc1cccc(N2CCN(C(=O)CCc3c(C)nn(CC(C)C)c3C)CC2)c1C. The Kier molecular flexibility index (Phi) is 6.66. The second-order valence-electron chi connectivity index (χ2n) is 8.81. The standard InChI is InChI=1S/C24H36N4O/c1-17(2)16-28-21(6)22(20(5)25-28)10-11-24(29)27-14-12-26(13-15-27)23-9-7-8-18(3)19(23)4/h7-9,17H,10-16H2,1-6H3. The van der Waals surface area contributed by atoms with Gasteiger partial charge in [0.05, 0.1) is 5.69 Å². The number of anilines is 1. The van der Waals surface area contributed by atoms with Crippen molar-refractivity contribution >= 4 is 11.6 Å². The molecular formula is C24H36N4O. The zero-order valence-electron chi connectivity index (χ0n) is 19.0. The van der Waals surface area contributed by atoms with Crippen LogP contribution in [0.4, 0.5) is 5.69 Å². The molecule has 1 amide bonds. The number of aromatic nitrogens is 2. The van der Waals surface area contributed by atoms with E-state index in [2.05, 4.69) is 74.4 Å². The highest BCUT2D eigenvalue weighted by molar-refractivity contribution is 5.77. The Balaban J connectivity index is 1.55. The molecule has 0 atom stereocenters. The van der Waals surface area contributed by atoms with E-state index in [1.165, 1.54) is 28.1 Å². The average Bonchev–Trinajstić information content (AvgIpc) is 2.94. The number of hydrogen-bond acceptors (Lipinski definition) is 3. The van der Waals surface area contributed by atoms with Gasteiger partial charge in [-0.1, -0.05) is 26.0 Å². The second kappa shape index (κ2) is 9.02. The summed E-state index contributed by atoms with van der Waals surface area (Å²) in [5, 5.41) is 4.68. The molecule has 0 spiro atoms. The Morgan fingerprint density at radius 2 is 1.76 bits per heavy atom. The number of nitrogens with zero attached hydrogens (tertiary/aromatic N) is 4. The van der Waals surface area contributed by atoms with Gasteiger partial charge in [-0.2, -0.15) is 5.10 Å². The number of carbonyl (C=O) groups excluding carboxylic acids is 1. The van der Waals surface area contributed by atoms with E-state index >= 15 is 0 Å². The molecule has 2 aromatic rings. The Hall–Kier alpha value is -2.30. The van der Waals surface area contributed by atoms with E-state index in [-0.39, 0.29) is 5.91 Å². The predicted molar refractivity (Wildman–Crippen MR) is 120 cm³/mol. The molecule has 0 unspecified atom stereocenters. The number of piperazine rings is 1. The van der Waals surface area contributed by atoms with Gasteiger partial charge in [0.25, 0.3) is 0 Å². The molecule has 1 saturated heterocycles. The van der Waals surface area contributed by atoms with E-state index in [9.17, 15) is 4.79 Å². The quantitative estimate of drug-likeness (QED) is 0.740. The van der Waals surface area contributed by atoms with E-state index in [0.717, 1.165) is 44.8 Å². The third kappa shape index (κ3) is 4.82. The first kappa shape index (κ1) is 21.4. The van der Waals surface area contributed by atoms with Gasteiger partial charge in [0.15, 0.2) is 0 Å². The highest BCUT2D eigenvalue weighted by Crippen LogP contribution is 2.24. The molecule has 5 heteroatoms. The van der Waals surface area contributed by atoms with E-state index in [4.69, 9.17) is 0 Å². The summed E-state index contributed by atoms with van der Waals surface area (Å²) in [6.45, 7) is 17.3. The minimum absolute atomic E-state index is 0.265. The first-order valence-electron chi connectivity index (χ1n) is 10.9. The number of amides is 1. The van der Waals surface area contributed by atoms with Crippen molar-refractivity contribution in [3.8, 4) is 0 Å². The van der Waals surface area contributed by atoms with Crippen LogP contribution < -0.4 is 4.90 Å². The summed E-state index contributed by atoms with van der Waals surface area (Å²) in [5.41, 5.74) is 7.50. The average molecular weight is 397 g/mol. The largest absolute Gasteiger partial charge is 0.368 e. The summed E-state index contributed by atoms with van der Waals surface area (Å²) in [4.78, 5) is 17.3. The molecule has 5 nitrogen and oxygen atoms in total. The van der Waals surface area contributed by atoms with E-state index in [1.54, 1.807) is 0 Å². The predicted octanol–water partition coefficient (Wildman–Crippen LogP) is 4.05. The highest BCUT2D eigenvalue weighted by Gasteiger charge is 2.23. The molecule has 0 aliphatic carbocycles. The smallest absolute Gasteiger partial charge is 0.223 e.